The number of rotatable bonds is 5. The van der Waals surface area contributed by atoms with Gasteiger partial charge >= 0.3 is 0 Å². The van der Waals surface area contributed by atoms with Gasteiger partial charge in [0.25, 0.3) is 0 Å². The molecular weight excluding hydrogens is 212 g/mol. The van der Waals surface area contributed by atoms with Crippen LogP contribution >= 0.6 is 0 Å². The number of imidazole rings is 1. The Morgan fingerprint density at radius 3 is 2.76 bits per heavy atom. The van der Waals surface area contributed by atoms with Crippen LogP contribution in [-0.4, -0.2) is 16.1 Å². The van der Waals surface area contributed by atoms with Crippen LogP contribution in [-0.2, 0) is 6.54 Å². The van der Waals surface area contributed by atoms with Gasteiger partial charge < -0.3 is 9.88 Å². The van der Waals surface area contributed by atoms with E-state index in [2.05, 4.69) is 40.6 Å². The largest absolute Gasteiger partial charge is 0.312 e. The number of hydrogen-bond donors (Lipinski definition) is 1. The lowest BCUT2D eigenvalue weighted by atomic mass is 10.2. The Morgan fingerprint density at radius 2 is 2.12 bits per heavy atom. The van der Waals surface area contributed by atoms with Crippen molar-refractivity contribution in [3.05, 3.63) is 48.5 Å². The molecule has 0 atom stereocenters. The van der Waals surface area contributed by atoms with Gasteiger partial charge in [0.05, 0.1) is 12.4 Å². The molecular formula is C13H14N4. The molecule has 1 aromatic heterocycles. The minimum Gasteiger partial charge on any atom is -0.312 e. The van der Waals surface area contributed by atoms with Gasteiger partial charge in [-0.3, -0.25) is 0 Å². The molecule has 0 unspecified atom stereocenters. The van der Waals surface area contributed by atoms with E-state index in [9.17, 15) is 0 Å². The van der Waals surface area contributed by atoms with Crippen molar-refractivity contribution in [2.24, 2.45) is 0 Å². The standard InChI is InChI=1S/C13H14N4/c14-6-1-7-15-10-12-2-4-13(5-3-12)17-9-8-16-11-17/h2-5,8-9,11,15H,1,7,10H2. The predicted octanol–water partition coefficient (Wildman–Crippen LogP) is 1.88. The van der Waals surface area contributed by atoms with E-state index in [-0.39, 0.29) is 0 Å². The summed E-state index contributed by atoms with van der Waals surface area (Å²) in [6.07, 6.45) is 6.00. The van der Waals surface area contributed by atoms with Crippen LogP contribution in [0, 0.1) is 11.3 Å². The third-order valence-electron chi connectivity index (χ3n) is 2.48. The Balaban J connectivity index is 1.92. The van der Waals surface area contributed by atoms with Gasteiger partial charge in [0.2, 0.25) is 0 Å². The topological polar surface area (TPSA) is 53.6 Å². The first kappa shape index (κ1) is 11.4. The van der Waals surface area contributed by atoms with Crippen molar-refractivity contribution < 1.29 is 0 Å². The predicted molar refractivity (Wildman–Crippen MR) is 65.5 cm³/mol. The van der Waals surface area contributed by atoms with Gasteiger partial charge in [-0.2, -0.15) is 5.26 Å². The average Bonchev–Trinajstić information content (AvgIpc) is 2.89. The fourth-order valence-corrected chi connectivity index (χ4v) is 1.57. The molecule has 4 nitrogen and oxygen atoms in total. The molecule has 4 heteroatoms. The van der Waals surface area contributed by atoms with Gasteiger partial charge in [0, 0.05) is 37.6 Å². The highest BCUT2D eigenvalue weighted by molar-refractivity contribution is 5.34. The maximum absolute atomic E-state index is 8.41. The highest BCUT2D eigenvalue weighted by Crippen LogP contribution is 2.08. The number of nitriles is 1. The van der Waals surface area contributed by atoms with E-state index in [1.165, 1.54) is 5.56 Å². The van der Waals surface area contributed by atoms with Crippen LogP contribution in [0.1, 0.15) is 12.0 Å². The Morgan fingerprint density at radius 1 is 1.29 bits per heavy atom. The lowest BCUT2D eigenvalue weighted by molar-refractivity contribution is 0.699. The second-order valence-corrected chi connectivity index (χ2v) is 3.72. The van der Waals surface area contributed by atoms with Crippen LogP contribution in [0.3, 0.4) is 0 Å². The number of nitrogens with zero attached hydrogens (tertiary/aromatic N) is 3. The van der Waals surface area contributed by atoms with E-state index in [1.54, 1.807) is 12.5 Å². The summed E-state index contributed by atoms with van der Waals surface area (Å²) in [4.78, 5) is 4.01. The zero-order valence-electron chi connectivity index (χ0n) is 9.50. The minimum absolute atomic E-state index is 0.549. The molecule has 0 spiro atoms. The molecule has 0 saturated heterocycles. The molecule has 1 aromatic carbocycles. The molecule has 0 fully saturated rings. The Kier molecular flexibility index (Phi) is 3.90. The molecule has 1 heterocycles. The third kappa shape index (κ3) is 3.16. The normalized spacial score (nSPS) is 10.1. The summed E-state index contributed by atoms with van der Waals surface area (Å²) in [5.41, 5.74) is 2.31. The quantitative estimate of drug-likeness (QED) is 0.792. The molecule has 0 aliphatic rings. The van der Waals surface area contributed by atoms with Crippen molar-refractivity contribution in [2.75, 3.05) is 6.54 Å². The lowest BCUT2D eigenvalue weighted by Crippen LogP contribution is -2.14. The van der Waals surface area contributed by atoms with Gasteiger partial charge in [0.15, 0.2) is 0 Å². The zero-order chi connectivity index (χ0) is 11.9. The number of aromatic nitrogens is 2. The summed E-state index contributed by atoms with van der Waals surface area (Å²) in [7, 11) is 0. The van der Waals surface area contributed by atoms with E-state index >= 15 is 0 Å². The summed E-state index contributed by atoms with van der Waals surface area (Å²) in [5, 5.41) is 11.6. The van der Waals surface area contributed by atoms with Crippen molar-refractivity contribution in [1.82, 2.24) is 14.9 Å². The number of benzene rings is 1. The monoisotopic (exact) mass is 226 g/mol. The van der Waals surface area contributed by atoms with Gasteiger partial charge in [-0.1, -0.05) is 12.1 Å². The van der Waals surface area contributed by atoms with Gasteiger partial charge in [-0.05, 0) is 17.7 Å². The minimum atomic E-state index is 0.549. The Hall–Kier alpha value is -2.12. The van der Waals surface area contributed by atoms with Crippen molar-refractivity contribution in [2.45, 2.75) is 13.0 Å². The van der Waals surface area contributed by atoms with Crippen molar-refractivity contribution >= 4 is 0 Å². The first-order valence-corrected chi connectivity index (χ1v) is 5.55. The molecule has 0 aliphatic heterocycles. The summed E-state index contributed by atoms with van der Waals surface area (Å²) >= 11 is 0. The van der Waals surface area contributed by atoms with Crippen LogP contribution in [0.2, 0.25) is 0 Å². The molecule has 0 radical (unpaired) electrons. The van der Waals surface area contributed by atoms with Gasteiger partial charge in [0.1, 0.15) is 0 Å². The highest BCUT2D eigenvalue weighted by atomic mass is 15.0. The number of nitrogens with one attached hydrogen (secondary N) is 1. The average molecular weight is 226 g/mol. The van der Waals surface area contributed by atoms with Crippen molar-refractivity contribution in [1.29, 1.82) is 5.26 Å². The lowest BCUT2D eigenvalue weighted by Gasteiger charge is -2.05. The fraction of sp³-hybridized carbons (Fsp3) is 0.231. The fourth-order valence-electron chi connectivity index (χ4n) is 1.57. The van der Waals surface area contributed by atoms with Crippen molar-refractivity contribution in [3.63, 3.8) is 0 Å². The summed E-state index contributed by atoms with van der Waals surface area (Å²) < 4.78 is 1.97. The van der Waals surface area contributed by atoms with Gasteiger partial charge in [-0.25, -0.2) is 4.98 Å². The maximum Gasteiger partial charge on any atom is 0.0991 e. The smallest absolute Gasteiger partial charge is 0.0991 e. The first-order chi connectivity index (χ1) is 8.40. The van der Waals surface area contributed by atoms with Gasteiger partial charge in [-0.15, -0.1) is 0 Å². The molecule has 2 rings (SSSR count). The molecule has 2 aromatic rings. The van der Waals surface area contributed by atoms with E-state index in [1.807, 2.05) is 10.8 Å². The van der Waals surface area contributed by atoms with Crippen LogP contribution in [0.25, 0.3) is 5.69 Å². The van der Waals surface area contributed by atoms with Crippen LogP contribution in [0.4, 0.5) is 0 Å². The molecule has 0 aliphatic carbocycles. The van der Waals surface area contributed by atoms with Crippen molar-refractivity contribution in [3.8, 4) is 11.8 Å². The summed E-state index contributed by atoms with van der Waals surface area (Å²) in [5.74, 6) is 0. The molecule has 0 bridgehead atoms. The van der Waals surface area contributed by atoms with Crippen LogP contribution < -0.4 is 5.32 Å². The maximum atomic E-state index is 8.41. The molecule has 86 valence electrons. The molecule has 17 heavy (non-hydrogen) atoms. The third-order valence-corrected chi connectivity index (χ3v) is 2.48. The Bertz CT molecular complexity index is 479. The highest BCUT2D eigenvalue weighted by Gasteiger charge is 1.96. The molecule has 0 amide bonds. The van der Waals surface area contributed by atoms with Crippen LogP contribution in [0.5, 0.6) is 0 Å². The summed E-state index contributed by atoms with van der Waals surface area (Å²) in [6.45, 7) is 1.53. The van der Waals surface area contributed by atoms with E-state index in [0.29, 0.717) is 6.42 Å². The Labute approximate surface area is 101 Å². The molecule has 0 saturated carbocycles. The zero-order valence-corrected chi connectivity index (χ0v) is 9.50. The second kappa shape index (κ2) is 5.83. The van der Waals surface area contributed by atoms with E-state index in [0.717, 1.165) is 18.8 Å². The van der Waals surface area contributed by atoms with E-state index in [4.69, 9.17) is 5.26 Å². The summed E-state index contributed by atoms with van der Waals surface area (Å²) in [6, 6.07) is 10.4. The number of hydrogen-bond acceptors (Lipinski definition) is 3. The SMILES string of the molecule is N#CCCNCc1ccc(-n2ccnc2)cc1. The van der Waals surface area contributed by atoms with E-state index < -0.39 is 0 Å². The molecule has 1 N–H and O–H groups in total. The van der Waals surface area contributed by atoms with Crippen LogP contribution in [0.15, 0.2) is 43.0 Å². The first-order valence-electron chi connectivity index (χ1n) is 5.55. The second-order valence-electron chi connectivity index (χ2n) is 3.72.